The SMILES string of the molecule is CCC(=O)Nc1ncn(C(=O)CC)n1. The van der Waals surface area contributed by atoms with Crippen molar-refractivity contribution < 1.29 is 9.59 Å². The molecule has 14 heavy (non-hydrogen) atoms. The van der Waals surface area contributed by atoms with Crippen molar-refractivity contribution in [3.05, 3.63) is 6.33 Å². The van der Waals surface area contributed by atoms with Gasteiger partial charge in [-0.3, -0.25) is 14.9 Å². The van der Waals surface area contributed by atoms with E-state index in [4.69, 9.17) is 0 Å². The zero-order valence-electron chi connectivity index (χ0n) is 8.15. The van der Waals surface area contributed by atoms with Gasteiger partial charge in [0.05, 0.1) is 0 Å². The quantitative estimate of drug-likeness (QED) is 0.771. The Morgan fingerprint density at radius 1 is 1.43 bits per heavy atom. The molecule has 1 N–H and O–H groups in total. The number of aromatic nitrogens is 3. The monoisotopic (exact) mass is 196 g/mol. The van der Waals surface area contributed by atoms with Gasteiger partial charge in [0.15, 0.2) is 0 Å². The van der Waals surface area contributed by atoms with Gasteiger partial charge < -0.3 is 0 Å². The molecule has 1 rings (SSSR count). The Hall–Kier alpha value is -1.72. The third kappa shape index (κ3) is 2.38. The van der Waals surface area contributed by atoms with Gasteiger partial charge in [0.25, 0.3) is 0 Å². The molecule has 0 fully saturated rings. The maximum Gasteiger partial charge on any atom is 0.249 e. The van der Waals surface area contributed by atoms with E-state index in [0.29, 0.717) is 12.8 Å². The Morgan fingerprint density at radius 3 is 2.71 bits per heavy atom. The van der Waals surface area contributed by atoms with E-state index >= 15 is 0 Å². The molecule has 1 aromatic rings. The lowest BCUT2D eigenvalue weighted by atomic mass is 10.5. The van der Waals surface area contributed by atoms with Crippen molar-refractivity contribution in [2.24, 2.45) is 0 Å². The lowest BCUT2D eigenvalue weighted by molar-refractivity contribution is -0.115. The first kappa shape index (κ1) is 10.4. The molecule has 0 saturated heterocycles. The second kappa shape index (κ2) is 4.50. The summed E-state index contributed by atoms with van der Waals surface area (Å²) in [7, 11) is 0. The number of nitrogens with zero attached hydrogens (tertiary/aromatic N) is 3. The van der Waals surface area contributed by atoms with Crippen molar-refractivity contribution in [2.45, 2.75) is 26.7 Å². The van der Waals surface area contributed by atoms with E-state index in [-0.39, 0.29) is 17.8 Å². The van der Waals surface area contributed by atoms with Crippen molar-refractivity contribution in [1.82, 2.24) is 14.8 Å². The number of nitrogens with one attached hydrogen (secondary N) is 1. The molecule has 0 atom stereocenters. The van der Waals surface area contributed by atoms with Crippen molar-refractivity contribution in [1.29, 1.82) is 0 Å². The lowest BCUT2D eigenvalue weighted by Crippen LogP contribution is -2.13. The highest BCUT2D eigenvalue weighted by Gasteiger charge is 2.07. The number of carbonyl (C=O) groups excluding carboxylic acids is 2. The summed E-state index contributed by atoms with van der Waals surface area (Å²) in [5.74, 6) is -0.167. The molecule has 1 heterocycles. The summed E-state index contributed by atoms with van der Waals surface area (Å²) in [5.41, 5.74) is 0. The van der Waals surface area contributed by atoms with Crippen LogP contribution >= 0.6 is 0 Å². The van der Waals surface area contributed by atoms with Crippen molar-refractivity contribution in [3.63, 3.8) is 0 Å². The van der Waals surface area contributed by atoms with Crippen molar-refractivity contribution in [2.75, 3.05) is 5.32 Å². The molecule has 6 heteroatoms. The largest absolute Gasteiger partial charge is 0.293 e. The summed E-state index contributed by atoms with van der Waals surface area (Å²) in [6.07, 6.45) is 2.00. The summed E-state index contributed by atoms with van der Waals surface area (Å²) < 4.78 is 1.12. The maximum absolute atomic E-state index is 11.1. The first-order valence-corrected chi connectivity index (χ1v) is 4.42. The van der Waals surface area contributed by atoms with Gasteiger partial charge >= 0.3 is 0 Å². The summed E-state index contributed by atoms with van der Waals surface area (Å²) >= 11 is 0. The van der Waals surface area contributed by atoms with Crippen LogP contribution in [0.4, 0.5) is 5.95 Å². The minimum atomic E-state index is -0.174. The summed E-state index contributed by atoms with van der Waals surface area (Å²) in [6.45, 7) is 3.46. The Morgan fingerprint density at radius 2 is 2.14 bits per heavy atom. The molecular formula is C8H12N4O2. The molecule has 0 aromatic carbocycles. The van der Waals surface area contributed by atoms with Crippen LogP contribution in [0.25, 0.3) is 0 Å². The Balaban J connectivity index is 2.68. The van der Waals surface area contributed by atoms with Gasteiger partial charge in [-0.2, -0.15) is 9.67 Å². The van der Waals surface area contributed by atoms with Crippen molar-refractivity contribution >= 4 is 17.8 Å². The molecule has 0 spiro atoms. The molecule has 1 aromatic heterocycles. The van der Waals surface area contributed by atoms with E-state index in [9.17, 15) is 9.59 Å². The first-order valence-electron chi connectivity index (χ1n) is 4.42. The van der Waals surface area contributed by atoms with E-state index in [1.165, 1.54) is 6.33 Å². The number of hydrogen-bond acceptors (Lipinski definition) is 4. The maximum atomic E-state index is 11.1. The molecule has 76 valence electrons. The average molecular weight is 196 g/mol. The molecule has 0 saturated carbocycles. The smallest absolute Gasteiger partial charge is 0.249 e. The molecule has 0 aliphatic rings. The van der Waals surface area contributed by atoms with Crippen LogP contribution in [-0.2, 0) is 4.79 Å². The van der Waals surface area contributed by atoms with Gasteiger partial charge in [0.2, 0.25) is 17.8 Å². The molecule has 0 bridgehead atoms. The molecule has 0 aliphatic carbocycles. The molecule has 0 radical (unpaired) electrons. The van der Waals surface area contributed by atoms with Gasteiger partial charge in [0, 0.05) is 12.8 Å². The minimum absolute atomic E-state index is 0.158. The van der Waals surface area contributed by atoms with Crippen LogP contribution in [0.15, 0.2) is 6.33 Å². The van der Waals surface area contributed by atoms with Gasteiger partial charge in [-0.05, 0) is 0 Å². The van der Waals surface area contributed by atoms with Gasteiger partial charge in [-0.1, -0.05) is 13.8 Å². The van der Waals surface area contributed by atoms with E-state index in [1.54, 1.807) is 13.8 Å². The minimum Gasteiger partial charge on any atom is -0.293 e. The third-order valence-corrected chi connectivity index (χ3v) is 1.62. The van der Waals surface area contributed by atoms with Crippen LogP contribution in [0.2, 0.25) is 0 Å². The van der Waals surface area contributed by atoms with Gasteiger partial charge in [-0.15, -0.1) is 5.10 Å². The zero-order valence-corrected chi connectivity index (χ0v) is 8.15. The number of carbonyl (C=O) groups is 2. The van der Waals surface area contributed by atoms with E-state index in [2.05, 4.69) is 15.4 Å². The van der Waals surface area contributed by atoms with Crippen LogP contribution in [0.5, 0.6) is 0 Å². The van der Waals surface area contributed by atoms with Crippen LogP contribution in [0.1, 0.15) is 31.5 Å². The van der Waals surface area contributed by atoms with Crippen molar-refractivity contribution in [3.8, 4) is 0 Å². The molecule has 6 nitrogen and oxygen atoms in total. The topological polar surface area (TPSA) is 76.9 Å². The zero-order chi connectivity index (χ0) is 10.6. The normalized spacial score (nSPS) is 9.86. The fourth-order valence-corrected chi connectivity index (χ4v) is 0.816. The highest BCUT2D eigenvalue weighted by Crippen LogP contribution is 1.98. The highest BCUT2D eigenvalue weighted by molar-refractivity contribution is 5.88. The van der Waals surface area contributed by atoms with Gasteiger partial charge in [-0.25, -0.2) is 0 Å². The first-order chi connectivity index (χ1) is 6.67. The second-order valence-electron chi connectivity index (χ2n) is 2.66. The third-order valence-electron chi connectivity index (χ3n) is 1.62. The Kier molecular flexibility index (Phi) is 3.33. The molecule has 0 aliphatic heterocycles. The van der Waals surface area contributed by atoms with E-state index in [0.717, 1.165) is 4.68 Å². The fraction of sp³-hybridized carbons (Fsp3) is 0.500. The highest BCUT2D eigenvalue weighted by atomic mass is 16.2. The van der Waals surface area contributed by atoms with E-state index in [1.807, 2.05) is 0 Å². The number of hydrogen-bond donors (Lipinski definition) is 1. The predicted molar refractivity (Wildman–Crippen MR) is 49.9 cm³/mol. The van der Waals surface area contributed by atoms with Crippen LogP contribution in [0, 0.1) is 0 Å². The number of rotatable bonds is 3. The Bertz CT molecular complexity index is 345. The van der Waals surface area contributed by atoms with Crippen LogP contribution < -0.4 is 5.32 Å². The molecule has 1 amide bonds. The summed E-state index contributed by atoms with van der Waals surface area (Å²) in [4.78, 5) is 25.8. The molecular weight excluding hydrogens is 184 g/mol. The van der Waals surface area contributed by atoms with Crippen LogP contribution in [-0.4, -0.2) is 26.6 Å². The summed E-state index contributed by atoms with van der Waals surface area (Å²) in [5, 5.41) is 6.25. The van der Waals surface area contributed by atoms with E-state index < -0.39 is 0 Å². The van der Waals surface area contributed by atoms with Gasteiger partial charge in [0.1, 0.15) is 6.33 Å². The predicted octanol–water partition coefficient (Wildman–Crippen LogP) is 0.677. The summed E-state index contributed by atoms with van der Waals surface area (Å²) in [6, 6.07) is 0. The number of anilines is 1. The standard InChI is InChI=1S/C8H12N4O2/c1-3-6(13)10-8-9-5-12(11-8)7(14)4-2/h5H,3-4H2,1-2H3,(H,10,11,13). The second-order valence-corrected chi connectivity index (χ2v) is 2.66. The molecule has 0 unspecified atom stereocenters. The average Bonchev–Trinajstić information content (AvgIpc) is 2.65. The Labute approximate surface area is 81.3 Å². The lowest BCUT2D eigenvalue weighted by Gasteiger charge is -1.96. The van der Waals surface area contributed by atoms with Crippen LogP contribution in [0.3, 0.4) is 0 Å². The fourth-order valence-electron chi connectivity index (χ4n) is 0.816. The number of amides is 1.